The van der Waals surface area contributed by atoms with Crippen LogP contribution in [0.15, 0.2) is 48.5 Å². The van der Waals surface area contributed by atoms with Crippen LogP contribution in [0.4, 0.5) is 4.39 Å². The maximum absolute atomic E-state index is 13.3. The summed E-state index contributed by atoms with van der Waals surface area (Å²) in [5, 5.41) is 22.9. The van der Waals surface area contributed by atoms with Crippen LogP contribution in [-0.4, -0.2) is 15.3 Å². The summed E-state index contributed by atoms with van der Waals surface area (Å²) in [6, 6.07) is 13.6. The highest BCUT2D eigenvalue weighted by Gasteiger charge is 2.16. The van der Waals surface area contributed by atoms with Gasteiger partial charge >= 0.3 is 0 Å². The van der Waals surface area contributed by atoms with Crippen molar-refractivity contribution in [1.82, 2.24) is 15.5 Å². The molecule has 3 aromatic rings. The van der Waals surface area contributed by atoms with Crippen LogP contribution in [0.3, 0.4) is 0 Å². The van der Waals surface area contributed by atoms with Crippen LogP contribution in [0, 0.1) is 5.82 Å². The van der Waals surface area contributed by atoms with Gasteiger partial charge in [0.1, 0.15) is 21.6 Å². The summed E-state index contributed by atoms with van der Waals surface area (Å²) in [7, 11) is 0. The molecule has 6 heteroatoms. The van der Waals surface area contributed by atoms with Gasteiger partial charge in [-0.3, -0.25) is 0 Å². The zero-order valence-electron chi connectivity index (χ0n) is 13.4. The van der Waals surface area contributed by atoms with Crippen LogP contribution in [0.1, 0.15) is 36.5 Å². The molecule has 0 saturated carbocycles. The maximum Gasteiger partial charge on any atom is 0.147 e. The number of rotatable bonds is 5. The van der Waals surface area contributed by atoms with Gasteiger partial charge < -0.3 is 10.4 Å². The van der Waals surface area contributed by atoms with E-state index in [0.717, 1.165) is 16.1 Å². The topological polar surface area (TPSA) is 58.0 Å². The van der Waals surface area contributed by atoms with E-state index in [2.05, 4.69) is 15.5 Å². The third-order valence-corrected chi connectivity index (χ3v) is 4.91. The van der Waals surface area contributed by atoms with Gasteiger partial charge in [-0.05, 0) is 43.7 Å². The summed E-state index contributed by atoms with van der Waals surface area (Å²) in [4.78, 5) is 0. The van der Waals surface area contributed by atoms with E-state index in [-0.39, 0.29) is 23.7 Å². The molecule has 0 saturated heterocycles. The Labute approximate surface area is 144 Å². The molecule has 0 spiro atoms. The van der Waals surface area contributed by atoms with Gasteiger partial charge in [-0.2, -0.15) is 0 Å². The molecule has 3 rings (SSSR count). The highest BCUT2D eigenvalue weighted by molar-refractivity contribution is 7.14. The van der Waals surface area contributed by atoms with Crippen LogP contribution >= 0.6 is 11.3 Å². The van der Waals surface area contributed by atoms with Gasteiger partial charge in [0.15, 0.2) is 0 Å². The minimum absolute atomic E-state index is 0.0119. The Morgan fingerprint density at radius 3 is 2.58 bits per heavy atom. The highest BCUT2D eigenvalue weighted by Crippen LogP contribution is 2.28. The fraction of sp³-hybridized carbons (Fsp3) is 0.222. The quantitative estimate of drug-likeness (QED) is 0.718. The Morgan fingerprint density at radius 2 is 1.83 bits per heavy atom. The third kappa shape index (κ3) is 3.77. The highest BCUT2D eigenvalue weighted by atomic mass is 32.1. The molecule has 2 N–H and O–H groups in total. The number of phenols is 1. The van der Waals surface area contributed by atoms with E-state index in [1.165, 1.54) is 23.5 Å². The minimum atomic E-state index is -0.284. The zero-order valence-corrected chi connectivity index (χ0v) is 14.2. The van der Waals surface area contributed by atoms with E-state index in [0.29, 0.717) is 5.01 Å². The molecule has 2 atom stereocenters. The predicted octanol–water partition coefficient (Wildman–Crippen LogP) is 4.46. The molecule has 0 amide bonds. The van der Waals surface area contributed by atoms with Crippen molar-refractivity contribution in [3.63, 3.8) is 0 Å². The monoisotopic (exact) mass is 343 g/mol. The molecule has 24 heavy (non-hydrogen) atoms. The van der Waals surface area contributed by atoms with E-state index >= 15 is 0 Å². The second-order valence-corrected chi connectivity index (χ2v) is 6.67. The molecule has 0 unspecified atom stereocenters. The Morgan fingerprint density at radius 1 is 1.04 bits per heavy atom. The summed E-state index contributed by atoms with van der Waals surface area (Å²) in [6.45, 7) is 4.04. The van der Waals surface area contributed by atoms with Crippen molar-refractivity contribution in [2.45, 2.75) is 25.9 Å². The smallest absolute Gasteiger partial charge is 0.147 e. The van der Waals surface area contributed by atoms with Gasteiger partial charge in [0.05, 0.1) is 6.04 Å². The van der Waals surface area contributed by atoms with E-state index < -0.39 is 0 Å². The first-order valence-electron chi connectivity index (χ1n) is 7.67. The molecule has 0 aliphatic carbocycles. The number of benzene rings is 2. The van der Waals surface area contributed by atoms with Crippen molar-refractivity contribution < 1.29 is 9.50 Å². The molecule has 2 aromatic carbocycles. The maximum atomic E-state index is 13.3. The number of nitrogens with zero attached hydrogens (tertiary/aromatic N) is 2. The molecular weight excluding hydrogens is 325 g/mol. The molecule has 124 valence electrons. The predicted molar refractivity (Wildman–Crippen MR) is 93.4 cm³/mol. The number of nitrogens with one attached hydrogen (secondary N) is 1. The number of halogens is 1. The minimum Gasteiger partial charge on any atom is -0.508 e. The fourth-order valence-corrected chi connectivity index (χ4v) is 3.34. The Bertz CT molecular complexity index is 836. The van der Waals surface area contributed by atoms with E-state index in [1.807, 2.05) is 32.0 Å². The summed E-state index contributed by atoms with van der Waals surface area (Å²) >= 11 is 1.44. The molecule has 1 heterocycles. The van der Waals surface area contributed by atoms with Crippen LogP contribution in [0.2, 0.25) is 0 Å². The van der Waals surface area contributed by atoms with Gasteiger partial charge in [0.2, 0.25) is 0 Å². The van der Waals surface area contributed by atoms with Crippen LogP contribution in [0.5, 0.6) is 5.75 Å². The normalized spacial score (nSPS) is 13.6. The third-order valence-electron chi connectivity index (χ3n) is 3.75. The zero-order chi connectivity index (χ0) is 17.1. The summed E-state index contributed by atoms with van der Waals surface area (Å²) in [5.74, 6) is -0.0361. The van der Waals surface area contributed by atoms with Gasteiger partial charge in [-0.25, -0.2) is 4.39 Å². The van der Waals surface area contributed by atoms with Gasteiger partial charge in [0.25, 0.3) is 0 Å². The summed E-state index contributed by atoms with van der Waals surface area (Å²) < 4.78 is 13.3. The Hall–Kier alpha value is -2.31. The second-order valence-electron chi connectivity index (χ2n) is 5.66. The average Bonchev–Trinajstić information content (AvgIpc) is 3.05. The van der Waals surface area contributed by atoms with Crippen molar-refractivity contribution >= 4 is 11.3 Å². The van der Waals surface area contributed by atoms with Crippen molar-refractivity contribution in [3.05, 3.63) is 64.9 Å². The standard InChI is InChI=1S/C18H18FN3OS/c1-11(13-5-4-8-16(23)10-13)20-12(2)17-21-22-18(24-17)14-6-3-7-15(19)9-14/h3-12,20,23H,1-2H3/t11-,12-/m1/s1. The van der Waals surface area contributed by atoms with Crippen molar-refractivity contribution in [2.75, 3.05) is 0 Å². The lowest BCUT2D eigenvalue weighted by Crippen LogP contribution is -2.22. The lowest BCUT2D eigenvalue weighted by molar-refractivity contribution is 0.465. The molecule has 1 aromatic heterocycles. The van der Waals surface area contributed by atoms with Crippen molar-refractivity contribution in [3.8, 4) is 16.3 Å². The number of hydrogen-bond acceptors (Lipinski definition) is 5. The SMILES string of the molecule is C[C@@H](N[C@H](C)c1nnc(-c2cccc(F)c2)s1)c1cccc(O)c1. The largest absolute Gasteiger partial charge is 0.508 e. The lowest BCUT2D eigenvalue weighted by Gasteiger charge is -2.18. The number of hydrogen-bond donors (Lipinski definition) is 2. The van der Waals surface area contributed by atoms with E-state index in [4.69, 9.17) is 0 Å². The van der Waals surface area contributed by atoms with Gasteiger partial charge in [0, 0.05) is 11.6 Å². The molecule has 0 aliphatic rings. The molecule has 0 fully saturated rings. The molecular formula is C18H18FN3OS. The van der Waals surface area contributed by atoms with E-state index in [9.17, 15) is 9.50 Å². The first kappa shape index (κ1) is 16.5. The van der Waals surface area contributed by atoms with Gasteiger partial charge in [-0.1, -0.05) is 35.6 Å². The van der Waals surface area contributed by atoms with Crippen molar-refractivity contribution in [2.24, 2.45) is 0 Å². The number of phenolic OH excluding ortho intramolecular Hbond substituents is 1. The van der Waals surface area contributed by atoms with Crippen LogP contribution in [-0.2, 0) is 0 Å². The lowest BCUT2D eigenvalue weighted by atomic mass is 10.1. The van der Waals surface area contributed by atoms with Crippen LogP contribution < -0.4 is 5.32 Å². The molecule has 0 aliphatic heterocycles. The molecule has 0 radical (unpaired) electrons. The Balaban J connectivity index is 1.73. The second kappa shape index (κ2) is 7.07. The molecule has 0 bridgehead atoms. The van der Waals surface area contributed by atoms with Gasteiger partial charge in [-0.15, -0.1) is 10.2 Å². The number of aromatic hydroxyl groups is 1. The molecule has 4 nitrogen and oxygen atoms in total. The fourth-order valence-electron chi connectivity index (χ4n) is 2.48. The summed E-state index contributed by atoms with van der Waals surface area (Å²) in [6.07, 6.45) is 0. The number of aromatic nitrogens is 2. The Kier molecular flexibility index (Phi) is 4.87. The summed E-state index contributed by atoms with van der Waals surface area (Å²) in [5.41, 5.74) is 1.73. The first-order chi connectivity index (χ1) is 11.5. The van der Waals surface area contributed by atoms with Crippen molar-refractivity contribution in [1.29, 1.82) is 0 Å². The van der Waals surface area contributed by atoms with Crippen LogP contribution in [0.25, 0.3) is 10.6 Å². The first-order valence-corrected chi connectivity index (χ1v) is 8.49. The average molecular weight is 343 g/mol. The van der Waals surface area contributed by atoms with E-state index in [1.54, 1.807) is 18.2 Å².